The molecule has 64 valence electrons. The third kappa shape index (κ3) is 1.45. The van der Waals surface area contributed by atoms with Gasteiger partial charge in [0.25, 0.3) is 0 Å². The monoisotopic (exact) mass is 169 g/mol. The number of hydrogen-bond donors (Lipinski definition) is 2. The maximum Gasteiger partial charge on any atom is 0.404 e. The molecule has 0 spiro atoms. The summed E-state index contributed by atoms with van der Waals surface area (Å²) >= 11 is 0. The summed E-state index contributed by atoms with van der Waals surface area (Å²) in [7, 11) is 0. The van der Waals surface area contributed by atoms with Gasteiger partial charge in [-0.15, -0.1) is 0 Å². The van der Waals surface area contributed by atoms with Crippen molar-refractivity contribution in [2.45, 2.75) is 12.2 Å². The summed E-state index contributed by atoms with van der Waals surface area (Å²) in [5, 5.41) is 10.2. The third-order valence-electron chi connectivity index (χ3n) is 1.63. The number of rotatable bonds is 1. The molecule has 1 aliphatic rings. The molecule has 0 saturated carbocycles. The van der Waals surface area contributed by atoms with Gasteiger partial charge in [-0.2, -0.15) is 13.2 Å². The molecule has 0 amide bonds. The SMILES string of the molecule is O=C(O)[C@H]1CN[C@H]1C(F)(F)F. The largest absolute Gasteiger partial charge is 0.481 e. The van der Waals surface area contributed by atoms with Gasteiger partial charge in [-0.05, 0) is 0 Å². The van der Waals surface area contributed by atoms with Gasteiger partial charge in [0, 0.05) is 6.54 Å². The quantitative estimate of drug-likeness (QED) is 0.590. The Balaban J connectivity index is 2.57. The Morgan fingerprint density at radius 1 is 1.55 bits per heavy atom. The van der Waals surface area contributed by atoms with Gasteiger partial charge in [0.05, 0.1) is 5.92 Å². The van der Waals surface area contributed by atoms with Crippen molar-refractivity contribution >= 4 is 5.97 Å². The molecule has 1 aliphatic heterocycles. The van der Waals surface area contributed by atoms with E-state index in [1.54, 1.807) is 0 Å². The van der Waals surface area contributed by atoms with Crippen LogP contribution in [0, 0.1) is 5.92 Å². The van der Waals surface area contributed by atoms with E-state index < -0.39 is 24.1 Å². The minimum atomic E-state index is -4.44. The minimum absolute atomic E-state index is 0.0977. The van der Waals surface area contributed by atoms with E-state index in [4.69, 9.17) is 5.11 Å². The van der Waals surface area contributed by atoms with Crippen LogP contribution >= 0.6 is 0 Å². The standard InChI is InChI=1S/C5H6F3NO2/c6-5(7,8)3-2(1-9-3)4(10)11/h2-3,9H,1H2,(H,10,11)/t2-,3+/m0/s1. The molecule has 1 fully saturated rings. The van der Waals surface area contributed by atoms with E-state index in [0.29, 0.717) is 0 Å². The number of halogens is 3. The van der Waals surface area contributed by atoms with E-state index >= 15 is 0 Å². The molecule has 1 heterocycles. The number of aliphatic carboxylic acids is 1. The van der Waals surface area contributed by atoms with Gasteiger partial charge >= 0.3 is 12.1 Å². The predicted octanol–water partition coefficient (Wildman–Crippen LogP) is 0.221. The molecule has 0 aromatic heterocycles. The molecule has 0 bridgehead atoms. The number of carboxylic acid groups (broad SMARTS) is 1. The van der Waals surface area contributed by atoms with Crippen molar-refractivity contribution in [3.63, 3.8) is 0 Å². The second-order valence-electron chi connectivity index (χ2n) is 2.37. The highest BCUT2D eigenvalue weighted by Crippen LogP contribution is 2.30. The topological polar surface area (TPSA) is 49.3 Å². The van der Waals surface area contributed by atoms with E-state index in [0.717, 1.165) is 0 Å². The van der Waals surface area contributed by atoms with Crippen LogP contribution in [0.5, 0.6) is 0 Å². The van der Waals surface area contributed by atoms with Crippen molar-refractivity contribution in [1.29, 1.82) is 0 Å². The fraction of sp³-hybridized carbons (Fsp3) is 0.800. The molecular weight excluding hydrogens is 163 g/mol. The molecule has 11 heavy (non-hydrogen) atoms. The van der Waals surface area contributed by atoms with E-state index in [2.05, 4.69) is 0 Å². The molecule has 0 radical (unpaired) electrons. The maximum atomic E-state index is 11.8. The van der Waals surface area contributed by atoms with Gasteiger partial charge in [0.15, 0.2) is 0 Å². The summed E-state index contributed by atoms with van der Waals surface area (Å²) in [6.45, 7) is -0.0977. The Bertz CT molecular complexity index is 179. The molecule has 1 rings (SSSR count). The van der Waals surface area contributed by atoms with Crippen molar-refractivity contribution in [1.82, 2.24) is 5.32 Å². The fourth-order valence-electron chi connectivity index (χ4n) is 0.927. The second-order valence-corrected chi connectivity index (χ2v) is 2.37. The zero-order valence-corrected chi connectivity index (χ0v) is 5.35. The molecule has 0 unspecified atom stereocenters. The first kappa shape index (κ1) is 8.32. The molecule has 0 aromatic rings. The van der Waals surface area contributed by atoms with Crippen LogP contribution in [0.3, 0.4) is 0 Å². The number of hydrogen-bond acceptors (Lipinski definition) is 2. The maximum absolute atomic E-state index is 11.8. The van der Waals surface area contributed by atoms with Crippen LogP contribution in [0.1, 0.15) is 0 Å². The molecule has 1 saturated heterocycles. The van der Waals surface area contributed by atoms with E-state index in [9.17, 15) is 18.0 Å². The van der Waals surface area contributed by atoms with Gasteiger partial charge in [-0.1, -0.05) is 0 Å². The summed E-state index contributed by atoms with van der Waals surface area (Å²) in [6.07, 6.45) is -4.44. The van der Waals surface area contributed by atoms with E-state index in [1.165, 1.54) is 0 Å². The number of carboxylic acids is 1. The minimum Gasteiger partial charge on any atom is -0.481 e. The third-order valence-corrected chi connectivity index (χ3v) is 1.63. The lowest BCUT2D eigenvalue weighted by molar-refractivity contribution is -0.195. The lowest BCUT2D eigenvalue weighted by atomic mass is 9.91. The van der Waals surface area contributed by atoms with Crippen LogP contribution in [0.4, 0.5) is 13.2 Å². The van der Waals surface area contributed by atoms with Gasteiger partial charge in [0.1, 0.15) is 6.04 Å². The summed E-state index contributed by atoms with van der Waals surface area (Å²) in [4.78, 5) is 10.1. The number of alkyl halides is 3. The molecular formula is C5H6F3NO2. The number of carbonyl (C=O) groups is 1. The predicted molar refractivity (Wildman–Crippen MR) is 29.0 cm³/mol. The first-order valence-corrected chi connectivity index (χ1v) is 2.96. The van der Waals surface area contributed by atoms with Crippen molar-refractivity contribution < 1.29 is 23.1 Å². The van der Waals surface area contributed by atoms with Crippen LogP contribution in [0.15, 0.2) is 0 Å². The van der Waals surface area contributed by atoms with Crippen molar-refractivity contribution in [2.24, 2.45) is 5.92 Å². The average molecular weight is 169 g/mol. The first-order chi connectivity index (χ1) is 4.93. The highest BCUT2D eigenvalue weighted by molar-refractivity contribution is 5.72. The summed E-state index contributed by atoms with van der Waals surface area (Å²) < 4.78 is 35.4. The van der Waals surface area contributed by atoms with Crippen LogP contribution in [0.2, 0.25) is 0 Å². The molecule has 0 aliphatic carbocycles. The highest BCUT2D eigenvalue weighted by atomic mass is 19.4. The summed E-state index contributed by atoms with van der Waals surface area (Å²) in [5.74, 6) is -2.71. The van der Waals surface area contributed by atoms with Crippen LogP contribution in [-0.4, -0.2) is 29.8 Å². The Labute approximate surface area is 60.2 Å². The normalized spacial score (nSPS) is 31.2. The average Bonchev–Trinajstić information content (AvgIpc) is 1.51. The van der Waals surface area contributed by atoms with E-state index in [-0.39, 0.29) is 6.54 Å². The highest BCUT2D eigenvalue weighted by Gasteiger charge is 2.52. The van der Waals surface area contributed by atoms with Gasteiger partial charge in [0.2, 0.25) is 0 Å². The number of nitrogens with one attached hydrogen (secondary N) is 1. The molecule has 0 aromatic carbocycles. The van der Waals surface area contributed by atoms with Gasteiger partial charge in [-0.25, -0.2) is 0 Å². The Morgan fingerprint density at radius 2 is 2.09 bits per heavy atom. The zero-order valence-electron chi connectivity index (χ0n) is 5.35. The van der Waals surface area contributed by atoms with Gasteiger partial charge in [-0.3, -0.25) is 4.79 Å². The first-order valence-electron chi connectivity index (χ1n) is 2.96. The fourth-order valence-corrected chi connectivity index (χ4v) is 0.927. The summed E-state index contributed by atoms with van der Waals surface area (Å²) in [6, 6.07) is -1.86. The smallest absolute Gasteiger partial charge is 0.404 e. The molecule has 6 heteroatoms. The lowest BCUT2D eigenvalue weighted by Gasteiger charge is -2.35. The summed E-state index contributed by atoms with van der Waals surface area (Å²) in [5.41, 5.74) is 0. The second kappa shape index (κ2) is 2.37. The Hall–Kier alpha value is -0.780. The van der Waals surface area contributed by atoms with E-state index in [1.807, 2.05) is 5.32 Å². The van der Waals surface area contributed by atoms with Crippen molar-refractivity contribution in [3.8, 4) is 0 Å². The Morgan fingerprint density at radius 3 is 2.18 bits per heavy atom. The van der Waals surface area contributed by atoms with Crippen LogP contribution in [0.25, 0.3) is 0 Å². The van der Waals surface area contributed by atoms with Crippen LogP contribution < -0.4 is 5.32 Å². The zero-order chi connectivity index (χ0) is 8.65. The van der Waals surface area contributed by atoms with Crippen molar-refractivity contribution in [3.05, 3.63) is 0 Å². The Kier molecular flexibility index (Phi) is 1.79. The molecule has 2 N–H and O–H groups in total. The van der Waals surface area contributed by atoms with Gasteiger partial charge < -0.3 is 10.4 Å². The molecule has 2 atom stereocenters. The van der Waals surface area contributed by atoms with Crippen LogP contribution in [-0.2, 0) is 4.79 Å². The van der Waals surface area contributed by atoms with Crippen molar-refractivity contribution in [2.75, 3.05) is 6.54 Å². The lowest BCUT2D eigenvalue weighted by Crippen LogP contribution is -2.63. The molecule has 3 nitrogen and oxygen atoms in total.